The van der Waals surface area contributed by atoms with Crippen LogP contribution in [0.3, 0.4) is 0 Å². The lowest BCUT2D eigenvalue weighted by molar-refractivity contribution is -0.131. The van der Waals surface area contributed by atoms with Gasteiger partial charge in [-0.2, -0.15) is 0 Å². The van der Waals surface area contributed by atoms with E-state index >= 15 is 0 Å². The number of benzene rings is 2. The number of rotatable bonds is 6. The molecule has 2 amide bonds. The Bertz CT molecular complexity index is 817. The van der Waals surface area contributed by atoms with Gasteiger partial charge in [0.05, 0.1) is 7.11 Å². The maximum absolute atomic E-state index is 12.2. The zero-order chi connectivity index (χ0) is 19.2. The van der Waals surface area contributed by atoms with E-state index in [2.05, 4.69) is 5.32 Å². The summed E-state index contributed by atoms with van der Waals surface area (Å²) < 4.78 is 10.6. The predicted molar refractivity (Wildman–Crippen MR) is 103 cm³/mol. The number of carbonyl (C=O) groups is 2. The van der Waals surface area contributed by atoms with Crippen LogP contribution in [-0.4, -0.2) is 37.0 Å². The Balaban J connectivity index is 1.57. The normalized spacial score (nSPS) is 12.9. The van der Waals surface area contributed by atoms with Crippen LogP contribution in [0, 0.1) is 0 Å². The van der Waals surface area contributed by atoms with E-state index in [1.807, 2.05) is 30.0 Å². The second kappa shape index (κ2) is 8.58. The highest BCUT2D eigenvalue weighted by Crippen LogP contribution is 2.23. The number of methoxy groups -OCH3 is 1. The van der Waals surface area contributed by atoms with Crippen molar-refractivity contribution in [1.82, 2.24) is 4.90 Å². The summed E-state index contributed by atoms with van der Waals surface area (Å²) in [5, 5.41) is 2.85. The van der Waals surface area contributed by atoms with Gasteiger partial charge in [-0.25, -0.2) is 0 Å². The van der Waals surface area contributed by atoms with Crippen molar-refractivity contribution in [3.05, 3.63) is 53.6 Å². The molecular formula is C21H24N2O4. The molecule has 27 heavy (non-hydrogen) atoms. The number of carbonyl (C=O) groups excluding carboxylic acids is 2. The highest BCUT2D eigenvalue weighted by Gasteiger charge is 2.19. The maximum Gasteiger partial charge on any atom is 0.262 e. The molecule has 6 nitrogen and oxygen atoms in total. The smallest absolute Gasteiger partial charge is 0.262 e. The Labute approximate surface area is 159 Å². The Morgan fingerprint density at radius 1 is 1.07 bits per heavy atom. The van der Waals surface area contributed by atoms with Crippen LogP contribution < -0.4 is 14.8 Å². The van der Waals surface area contributed by atoms with Crippen molar-refractivity contribution in [2.24, 2.45) is 0 Å². The van der Waals surface area contributed by atoms with E-state index in [0.29, 0.717) is 24.4 Å². The number of amides is 2. The van der Waals surface area contributed by atoms with Crippen molar-refractivity contribution in [1.29, 1.82) is 0 Å². The van der Waals surface area contributed by atoms with Gasteiger partial charge >= 0.3 is 0 Å². The van der Waals surface area contributed by atoms with Crippen molar-refractivity contribution in [3.8, 4) is 11.5 Å². The van der Waals surface area contributed by atoms with Gasteiger partial charge in [-0.1, -0.05) is 13.0 Å². The average molecular weight is 368 g/mol. The van der Waals surface area contributed by atoms with E-state index in [9.17, 15) is 9.59 Å². The summed E-state index contributed by atoms with van der Waals surface area (Å²) in [6.07, 6.45) is 1.35. The molecule has 6 heteroatoms. The molecule has 1 aliphatic rings. The molecule has 0 saturated carbocycles. The first-order chi connectivity index (χ1) is 13.1. The van der Waals surface area contributed by atoms with Gasteiger partial charge in [0.25, 0.3) is 5.91 Å². The summed E-state index contributed by atoms with van der Waals surface area (Å²) in [5.41, 5.74) is 3.02. The highest BCUT2D eigenvalue weighted by molar-refractivity contribution is 5.92. The van der Waals surface area contributed by atoms with E-state index in [4.69, 9.17) is 9.47 Å². The summed E-state index contributed by atoms with van der Waals surface area (Å²) in [7, 11) is 1.60. The molecule has 0 bridgehead atoms. The summed E-state index contributed by atoms with van der Waals surface area (Å²) in [6, 6.07) is 12.9. The molecule has 0 unspecified atom stereocenters. The van der Waals surface area contributed by atoms with Crippen molar-refractivity contribution in [2.45, 2.75) is 26.3 Å². The standard InChI is InChI=1S/C21H24N2O4/c1-3-21(25)23-11-10-15-4-5-17(12-16(15)13-23)22-20(24)14-27-19-8-6-18(26-2)7-9-19/h4-9,12H,3,10-11,13-14H2,1-2H3,(H,22,24). The van der Waals surface area contributed by atoms with Gasteiger partial charge in [-0.3, -0.25) is 9.59 Å². The van der Waals surface area contributed by atoms with Crippen molar-refractivity contribution < 1.29 is 19.1 Å². The third kappa shape index (κ3) is 4.78. The predicted octanol–water partition coefficient (Wildman–Crippen LogP) is 3.01. The lowest BCUT2D eigenvalue weighted by atomic mass is 9.99. The minimum atomic E-state index is -0.233. The average Bonchev–Trinajstić information content (AvgIpc) is 2.71. The molecule has 0 aliphatic carbocycles. The first-order valence-electron chi connectivity index (χ1n) is 9.05. The minimum absolute atomic E-state index is 0.0795. The summed E-state index contributed by atoms with van der Waals surface area (Å²) in [5.74, 6) is 1.26. The molecule has 1 aliphatic heterocycles. The van der Waals surface area contributed by atoms with Gasteiger partial charge < -0.3 is 19.7 Å². The van der Waals surface area contributed by atoms with Crippen molar-refractivity contribution in [3.63, 3.8) is 0 Å². The zero-order valence-electron chi connectivity index (χ0n) is 15.7. The van der Waals surface area contributed by atoms with Gasteiger partial charge in [-0.15, -0.1) is 0 Å². The second-order valence-corrected chi connectivity index (χ2v) is 6.41. The van der Waals surface area contributed by atoms with Crippen molar-refractivity contribution >= 4 is 17.5 Å². The fourth-order valence-corrected chi connectivity index (χ4v) is 3.09. The first-order valence-corrected chi connectivity index (χ1v) is 9.05. The van der Waals surface area contributed by atoms with Gasteiger partial charge in [0.2, 0.25) is 5.91 Å². The monoisotopic (exact) mass is 368 g/mol. The molecule has 0 saturated heterocycles. The number of hydrogen-bond donors (Lipinski definition) is 1. The van der Waals surface area contributed by atoms with E-state index < -0.39 is 0 Å². The lowest BCUT2D eigenvalue weighted by Gasteiger charge is -2.29. The van der Waals surface area contributed by atoms with Crippen LogP contribution >= 0.6 is 0 Å². The van der Waals surface area contributed by atoms with Gasteiger partial charge in [0, 0.05) is 25.2 Å². The second-order valence-electron chi connectivity index (χ2n) is 6.41. The topological polar surface area (TPSA) is 67.9 Å². The van der Waals surface area contributed by atoms with Crippen LogP contribution in [0.1, 0.15) is 24.5 Å². The summed E-state index contributed by atoms with van der Waals surface area (Å²) in [6.45, 7) is 3.14. The molecule has 142 valence electrons. The molecule has 2 aromatic carbocycles. The van der Waals surface area contributed by atoms with Gasteiger partial charge in [-0.05, 0) is 53.9 Å². The van der Waals surface area contributed by atoms with E-state index in [1.54, 1.807) is 31.4 Å². The van der Waals surface area contributed by atoms with Crippen molar-refractivity contribution in [2.75, 3.05) is 25.6 Å². The number of anilines is 1. The number of fused-ring (bicyclic) bond motifs is 1. The molecule has 1 heterocycles. The number of nitrogens with one attached hydrogen (secondary N) is 1. The third-order valence-corrected chi connectivity index (χ3v) is 4.59. The first kappa shape index (κ1) is 18.8. The summed E-state index contributed by atoms with van der Waals surface area (Å²) >= 11 is 0. The van der Waals surface area contributed by atoms with E-state index in [0.717, 1.165) is 24.3 Å². The Kier molecular flexibility index (Phi) is 5.96. The Morgan fingerprint density at radius 2 is 1.81 bits per heavy atom. The fourth-order valence-electron chi connectivity index (χ4n) is 3.09. The highest BCUT2D eigenvalue weighted by atomic mass is 16.5. The molecule has 0 spiro atoms. The molecule has 0 atom stereocenters. The number of hydrogen-bond acceptors (Lipinski definition) is 4. The minimum Gasteiger partial charge on any atom is -0.497 e. The van der Waals surface area contributed by atoms with Gasteiger partial charge in [0.1, 0.15) is 11.5 Å². The molecule has 1 N–H and O–H groups in total. The van der Waals surface area contributed by atoms with Crippen LogP contribution in [0.5, 0.6) is 11.5 Å². The third-order valence-electron chi connectivity index (χ3n) is 4.59. The van der Waals surface area contributed by atoms with Crippen LogP contribution in [0.15, 0.2) is 42.5 Å². The van der Waals surface area contributed by atoms with E-state index in [1.165, 1.54) is 5.56 Å². The van der Waals surface area contributed by atoms with Gasteiger partial charge in [0.15, 0.2) is 6.61 Å². The molecule has 0 radical (unpaired) electrons. The molecule has 2 aromatic rings. The van der Waals surface area contributed by atoms with E-state index in [-0.39, 0.29) is 18.4 Å². The largest absolute Gasteiger partial charge is 0.497 e. The molecule has 0 aromatic heterocycles. The van der Waals surface area contributed by atoms with Crippen LogP contribution in [-0.2, 0) is 22.6 Å². The zero-order valence-corrected chi connectivity index (χ0v) is 15.7. The number of nitrogens with zero attached hydrogens (tertiary/aromatic N) is 1. The molecular weight excluding hydrogens is 344 g/mol. The maximum atomic E-state index is 12.2. The molecule has 0 fully saturated rings. The molecule has 3 rings (SSSR count). The SMILES string of the molecule is CCC(=O)N1CCc2ccc(NC(=O)COc3ccc(OC)cc3)cc2C1. The Morgan fingerprint density at radius 3 is 2.52 bits per heavy atom. The summed E-state index contributed by atoms with van der Waals surface area (Å²) in [4.78, 5) is 26.0. The number of ether oxygens (including phenoxy) is 2. The van der Waals surface area contributed by atoms with Crippen LogP contribution in [0.4, 0.5) is 5.69 Å². The fraction of sp³-hybridized carbons (Fsp3) is 0.333. The Hall–Kier alpha value is -3.02. The lowest BCUT2D eigenvalue weighted by Crippen LogP contribution is -2.35. The van der Waals surface area contributed by atoms with Crippen LogP contribution in [0.2, 0.25) is 0 Å². The van der Waals surface area contributed by atoms with Crippen LogP contribution in [0.25, 0.3) is 0 Å². The quantitative estimate of drug-likeness (QED) is 0.851.